The summed E-state index contributed by atoms with van der Waals surface area (Å²) in [5.41, 5.74) is 0.690. The summed E-state index contributed by atoms with van der Waals surface area (Å²) < 4.78 is 34.8. The van der Waals surface area contributed by atoms with E-state index in [9.17, 15) is 9.90 Å². The van der Waals surface area contributed by atoms with Crippen molar-refractivity contribution in [1.29, 1.82) is 0 Å². The zero-order valence-corrected chi connectivity index (χ0v) is 9.72. The third-order valence-corrected chi connectivity index (χ3v) is 2.05. The second kappa shape index (κ2) is 7.81. The van der Waals surface area contributed by atoms with Gasteiger partial charge in [0.25, 0.3) is 0 Å². The monoisotopic (exact) mass is 241 g/mol. The third kappa shape index (κ3) is 5.47. The first-order chi connectivity index (χ1) is 9.68. The third-order valence-electron chi connectivity index (χ3n) is 2.05. The van der Waals surface area contributed by atoms with Crippen LogP contribution in [0.3, 0.4) is 0 Å². The van der Waals surface area contributed by atoms with Gasteiger partial charge in [-0.1, -0.05) is 30.3 Å². The smallest absolute Gasteiger partial charge is 0.320 e. The van der Waals surface area contributed by atoms with Crippen LogP contribution < -0.4 is 0 Å². The summed E-state index contributed by atoms with van der Waals surface area (Å²) in [5.74, 6) is -0.679. The van der Waals surface area contributed by atoms with Crippen LogP contribution in [0.2, 0.25) is 0 Å². The lowest BCUT2D eigenvalue weighted by Gasteiger charge is -2.20. The van der Waals surface area contributed by atoms with Gasteiger partial charge in [0, 0.05) is 15.8 Å². The number of carbonyl (C=O) groups excluding carboxylic acids is 1. The molecule has 0 aliphatic carbocycles. The van der Waals surface area contributed by atoms with E-state index >= 15 is 0 Å². The summed E-state index contributed by atoms with van der Waals surface area (Å²) in [4.78, 5) is 12.5. The van der Waals surface area contributed by atoms with Gasteiger partial charge in [-0.15, -0.1) is 0 Å². The molecule has 0 amide bonds. The number of aliphatic hydroxyl groups is 1. The molecular weight excluding hydrogens is 218 g/mol. The number of benzene rings is 1. The molecule has 17 heavy (non-hydrogen) atoms. The molecule has 0 saturated carbocycles. The zero-order valence-electron chi connectivity index (χ0n) is 13.7. The average molecular weight is 241 g/mol. The molecule has 1 rings (SSSR count). The first kappa shape index (κ1) is 8.66. The molecule has 4 heteroatoms. The Morgan fingerprint density at radius 2 is 2.18 bits per heavy atom. The van der Waals surface area contributed by atoms with E-state index in [0.717, 1.165) is 4.90 Å². The maximum Gasteiger partial charge on any atom is 0.320 e. The summed E-state index contributed by atoms with van der Waals surface area (Å²) in [6, 6.07) is 8.74. The Morgan fingerprint density at radius 3 is 2.76 bits per heavy atom. The Kier molecular flexibility index (Phi) is 3.98. The van der Waals surface area contributed by atoms with Gasteiger partial charge in [0.15, 0.2) is 0 Å². The Morgan fingerprint density at radius 1 is 1.47 bits per heavy atom. The van der Waals surface area contributed by atoms with Crippen molar-refractivity contribution < 1.29 is 20.1 Å². The highest BCUT2D eigenvalue weighted by Crippen LogP contribution is 2.04. The van der Waals surface area contributed by atoms with Crippen molar-refractivity contribution in [2.24, 2.45) is 0 Å². The molecule has 0 fully saturated rings. The first-order valence-electron chi connectivity index (χ1n) is 7.35. The first-order valence-corrected chi connectivity index (χ1v) is 5.35. The average Bonchev–Trinajstić information content (AvgIpc) is 2.38. The Bertz CT molecular complexity index is 462. The summed E-state index contributed by atoms with van der Waals surface area (Å²) >= 11 is 0. The van der Waals surface area contributed by atoms with E-state index in [2.05, 4.69) is 0 Å². The molecule has 1 N–H and O–H groups in total. The van der Waals surface area contributed by atoms with E-state index in [4.69, 9.17) is 10.2 Å². The summed E-state index contributed by atoms with van der Waals surface area (Å²) in [6.45, 7) is -4.58. The molecule has 0 aromatic heterocycles. The van der Waals surface area contributed by atoms with E-state index in [0.29, 0.717) is 5.56 Å². The van der Waals surface area contributed by atoms with Gasteiger partial charge in [0.1, 0.15) is 0 Å². The maximum absolute atomic E-state index is 11.6. The molecule has 94 valence electrons. The molecule has 0 aliphatic heterocycles. The van der Waals surface area contributed by atoms with Gasteiger partial charge in [-0.2, -0.15) is 0 Å². The van der Waals surface area contributed by atoms with Crippen molar-refractivity contribution in [3.05, 3.63) is 35.9 Å². The maximum atomic E-state index is 11.6. The molecule has 4 nitrogen and oxygen atoms in total. The van der Waals surface area contributed by atoms with E-state index in [1.165, 1.54) is 0 Å². The van der Waals surface area contributed by atoms with Gasteiger partial charge >= 0.3 is 5.97 Å². The number of esters is 1. The molecule has 0 radical (unpaired) electrons. The lowest BCUT2D eigenvalue weighted by molar-refractivity contribution is -0.144. The summed E-state index contributed by atoms with van der Waals surface area (Å²) in [6.07, 6.45) is 0. The van der Waals surface area contributed by atoms with Crippen LogP contribution in [-0.4, -0.2) is 42.2 Å². The van der Waals surface area contributed by atoms with E-state index in [-0.39, 0.29) is 13.2 Å². The second-order valence-corrected chi connectivity index (χ2v) is 3.37. The van der Waals surface area contributed by atoms with Crippen LogP contribution in [0.25, 0.3) is 0 Å². The van der Waals surface area contributed by atoms with Crippen molar-refractivity contribution in [2.75, 3.05) is 26.2 Å². The molecule has 0 saturated heterocycles. The Balaban J connectivity index is 2.97. The largest absolute Gasteiger partial charge is 0.465 e. The van der Waals surface area contributed by atoms with Gasteiger partial charge in [-0.05, 0) is 12.5 Å². The van der Waals surface area contributed by atoms with Crippen molar-refractivity contribution >= 4 is 5.97 Å². The van der Waals surface area contributed by atoms with Crippen LogP contribution in [0, 0.1) is 0 Å². The molecule has 0 atom stereocenters. The van der Waals surface area contributed by atoms with Crippen LogP contribution in [0.15, 0.2) is 30.3 Å². The van der Waals surface area contributed by atoms with Crippen molar-refractivity contribution in [2.45, 2.75) is 13.5 Å². The molecule has 0 unspecified atom stereocenters. The number of hydrogen-bond donors (Lipinski definition) is 1. The fourth-order valence-corrected chi connectivity index (χ4v) is 1.37. The molecule has 1 aromatic carbocycles. The Labute approximate surface area is 107 Å². The highest BCUT2D eigenvalue weighted by Gasteiger charge is 2.11. The number of ether oxygens (including phenoxy) is 1. The predicted molar refractivity (Wildman–Crippen MR) is 65.4 cm³/mol. The van der Waals surface area contributed by atoms with E-state index in [1.54, 1.807) is 37.3 Å². The fraction of sp³-hybridized carbons (Fsp3) is 0.462. The molecular formula is C13H19NO3. The van der Waals surface area contributed by atoms with E-state index < -0.39 is 25.6 Å². The highest BCUT2D eigenvalue weighted by atomic mass is 16.5. The van der Waals surface area contributed by atoms with Gasteiger partial charge < -0.3 is 9.84 Å². The van der Waals surface area contributed by atoms with Gasteiger partial charge in [0.2, 0.25) is 0 Å². The normalized spacial score (nSPS) is 15.7. The fourth-order valence-electron chi connectivity index (χ4n) is 1.37. The molecule has 0 spiro atoms. The summed E-state index contributed by atoms with van der Waals surface area (Å²) in [7, 11) is 0. The highest BCUT2D eigenvalue weighted by molar-refractivity contribution is 5.71. The second-order valence-electron chi connectivity index (χ2n) is 3.37. The lowest BCUT2D eigenvalue weighted by Crippen LogP contribution is -2.32. The predicted octanol–water partition coefficient (Wildman–Crippen LogP) is 1.04. The van der Waals surface area contributed by atoms with Crippen LogP contribution in [0.4, 0.5) is 0 Å². The molecule has 0 bridgehead atoms. The van der Waals surface area contributed by atoms with Crippen molar-refractivity contribution in [3.8, 4) is 0 Å². The van der Waals surface area contributed by atoms with E-state index in [1.807, 2.05) is 0 Å². The van der Waals surface area contributed by atoms with Crippen molar-refractivity contribution in [1.82, 2.24) is 4.90 Å². The van der Waals surface area contributed by atoms with Crippen LogP contribution >= 0.6 is 0 Å². The number of rotatable bonds is 7. The molecule has 0 aliphatic rings. The Hall–Kier alpha value is -1.39. The number of nitrogens with zero attached hydrogens (tertiary/aromatic N) is 1. The lowest BCUT2D eigenvalue weighted by atomic mass is 10.2. The SMILES string of the molecule is [2H]C([2H])(O)C([2H])([2H])N(CC(=O)OCC)Cc1ccccc1. The minimum absolute atomic E-state index is 0.0350. The van der Waals surface area contributed by atoms with Crippen molar-refractivity contribution in [3.63, 3.8) is 0 Å². The van der Waals surface area contributed by atoms with Gasteiger partial charge in [-0.3, -0.25) is 9.69 Å². The zero-order chi connectivity index (χ0) is 16.1. The van der Waals surface area contributed by atoms with Crippen LogP contribution in [-0.2, 0) is 16.1 Å². The van der Waals surface area contributed by atoms with Gasteiger partial charge in [-0.25, -0.2) is 0 Å². The minimum Gasteiger partial charge on any atom is -0.465 e. The quantitative estimate of drug-likeness (QED) is 0.725. The van der Waals surface area contributed by atoms with Crippen LogP contribution in [0.5, 0.6) is 0 Å². The van der Waals surface area contributed by atoms with Crippen LogP contribution in [0.1, 0.15) is 18.0 Å². The number of carbonyl (C=O) groups is 1. The summed E-state index contributed by atoms with van der Waals surface area (Å²) in [5, 5.41) is 9.40. The number of hydrogen-bond acceptors (Lipinski definition) is 4. The minimum atomic E-state index is -3.12. The molecule has 0 heterocycles. The standard InChI is InChI=1S/C13H19NO3/c1-2-17-13(16)11-14(8-9-15)10-12-6-4-3-5-7-12/h3-7,15H,2,8-11H2,1H3/i8D2,9D2. The topological polar surface area (TPSA) is 49.8 Å². The van der Waals surface area contributed by atoms with Gasteiger partial charge in [0.05, 0.1) is 22.5 Å². The molecule has 1 aromatic rings.